The fourth-order valence-electron chi connectivity index (χ4n) is 2.73. The Morgan fingerprint density at radius 2 is 1.53 bits per heavy atom. The second kappa shape index (κ2) is 5.77. The lowest BCUT2D eigenvalue weighted by atomic mass is 9.98. The average molecular weight is 258 g/mol. The van der Waals surface area contributed by atoms with E-state index in [1.54, 1.807) is 0 Å². The van der Waals surface area contributed by atoms with E-state index in [0.29, 0.717) is 0 Å². The minimum absolute atomic E-state index is 1.08. The smallest absolute Gasteiger partial charge is 0.107 e. The van der Waals surface area contributed by atoms with Crippen LogP contribution in [0.25, 0.3) is 11.0 Å². The maximum absolute atomic E-state index is 4.82. The first kappa shape index (κ1) is 14.1. The van der Waals surface area contributed by atoms with Gasteiger partial charge in [-0.05, 0) is 56.4 Å². The number of hydrogen-bond donors (Lipinski definition) is 1. The van der Waals surface area contributed by atoms with Crippen LogP contribution in [0.15, 0.2) is 0 Å². The van der Waals surface area contributed by atoms with Crippen LogP contribution in [-0.2, 0) is 6.42 Å². The van der Waals surface area contributed by atoms with Crippen LogP contribution >= 0.6 is 0 Å². The van der Waals surface area contributed by atoms with Crippen LogP contribution in [0.5, 0.6) is 0 Å². The topological polar surface area (TPSA) is 28.7 Å². The molecular formula is C17H26N2. The van der Waals surface area contributed by atoms with Crippen LogP contribution in [-0.4, -0.2) is 9.97 Å². The third-order valence-electron chi connectivity index (χ3n) is 4.44. The lowest BCUT2D eigenvalue weighted by Crippen LogP contribution is -1.92. The largest absolute Gasteiger partial charge is 0.342 e. The highest BCUT2D eigenvalue weighted by Crippen LogP contribution is 2.27. The molecule has 0 bridgehead atoms. The Labute approximate surface area is 116 Å². The van der Waals surface area contributed by atoms with E-state index in [-0.39, 0.29) is 0 Å². The summed E-state index contributed by atoms with van der Waals surface area (Å²) in [5.41, 5.74) is 7.87. The van der Waals surface area contributed by atoms with E-state index in [1.165, 1.54) is 59.0 Å². The first-order valence-corrected chi connectivity index (χ1v) is 7.51. The Kier molecular flexibility index (Phi) is 4.28. The minimum Gasteiger partial charge on any atom is -0.342 e. The molecule has 0 spiro atoms. The van der Waals surface area contributed by atoms with Crippen molar-refractivity contribution in [3.63, 3.8) is 0 Å². The summed E-state index contributed by atoms with van der Waals surface area (Å²) < 4.78 is 0. The van der Waals surface area contributed by atoms with Gasteiger partial charge in [0.1, 0.15) is 5.82 Å². The normalized spacial score (nSPS) is 11.4. The monoisotopic (exact) mass is 258 g/mol. The molecule has 0 fully saturated rings. The number of unbranched alkanes of at least 4 members (excludes halogenated alkanes) is 3. The summed E-state index contributed by atoms with van der Waals surface area (Å²) in [6.45, 7) is 11.0. The van der Waals surface area contributed by atoms with Gasteiger partial charge in [0.25, 0.3) is 0 Å². The van der Waals surface area contributed by atoms with Crippen molar-refractivity contribution in [1.82, 2.24) is 9.97 Å². The zero-order valence-electron chi connectivity index (χ0n) is 13.0. The van der Waals surface area contributed by atoms with Crippen molar-refractivity contribution in [1.29, 1.82) is 0 Å². The third kappa shape index (κ3) is 2.68. The number of nitrogens with one attached hydrogen (secondary N) is 1. The summed E-state index contributed by atoms with van der Waals surface area (Å²) in [4.78, 5) is 8.36. The molecule has 1 aromatic carbocycles. The van der Waals surface area contributed by atoms with Gasteiger partial charge in [0, 0.05) is 6.42 Å². The number of hydrogen-bond acceptors (Lipinski definition) is 1. The van der Waals surface area contributed by atoms with Crippen molar-refractivity contribution in [3.8, 4) is 0 Å². The van der Waals surface area contributed by atoms with Gasteiger partial charge in [0.15, 0.2) is 0 Å². The van der Waals surface area contributed by atoms with Crippen molar-refractivity contribution < 1.29 is 0 Å². The molecule has 0 aliphatic rings. The standard InChI is InChI=1S/C17H26N2/c1-6-7-8-9-10-15-18-16-13(4)11(2)12(3)14(5)17(16)19-15/h6-10H2,1-5H3,(H,18,19). The first-order valence-electron chi connectivity index (χ1n) is 7.51. The summed E-state index contributed by atoms with van der Waals surface area (Å²) in [6, 6.07) is 0. The molecule has 2 nitrogen and oxygen atoms in total. The number of aromatic nitrogens is 2. The lowest BCUT2D eigenvalue weighted by molar-refractivity contribution is 0.656. The number of H-pyrrole nitrogens is 1. The Bertz CT molecular complexity index is 534. The molecule has 0 unspecified atom stereocenters. The number of aryl methyl sites for hydroxylation is 3. The van der Waals surface area contributed by atoms with Gasteiger partial charge in [0.05, 0.1) is 11.0 Å². The van der Waals surface area contributed by atoms with Crippen LogP contribution < -0.4 is 0 Å². The van der Waals surface area contributed by atoms with Crippen molar-refractivity contribution in [2.45, 2.75) is 66.7 Å². The molecule has 1 heterocycles. The fraction of sp³-hybridized carbons (Fsp3) is 0.588. The van der Waals surface area contributed by atoms with Crippen molar-refractivity contribution in [2.75, 3.05) is 0 Å². The van der Waals surface area contributed by atoms with Crippen LogP contribution in [0, 0.1) is 27.7 Å². The van der Waals surface area contributed by atoms with Gasteiger partial charge in [-0.3, -0.25) is 0 Å². The summed E-state index contributed by atoms with van der Waals surface area (Å²) >= 11 is 0. The van der Waals surface area contributed by atoms with Crippen molar-refractivity contribution in [2.24, 2.45) is 0 Å². The molecule has 0 saturated heterocycles. The summed E-state index contributed by atoms with van der Waals surface area (Å²) in [7, 11) is 0. The Balaban J connectivity index is 2.30. The zero-order valence-corrected chi connectivity index (χ0v) is 13.0. The molecular weight excluding hydrogens is 232 g/mol. The second-order valence-corrected chi connectivity index (χ2v) is 5.72. The molecule has 0 atom stereocenters. The molecule has 0 amide bonds. The van der Waals surface area contributed by atoms with E-state index in [9.17, 15) is 0 Å². The molecule has 2 rings (SSSR count). The van der Waals surface area contributed by atoms with Gasteiger partial charge < -0.3 is 4.98 Å². The van der Waals surface area contributed by atoms with Gasteiger partial charge in [0.2, 0.25) is 0 Å². The Morgan fingerprint density at radius 3 is 2.21 bits per heavy atom. The fourth-order valence-corrected chi connectivity index (χ4v) is 2.73. The quantitative estimate of drug-likeness (QED) is 0.758. The van der Waals surface area contributed by atoms with Crippen LogP contribution in [0.4, 0.5) is 0 Å². The molecule has 1 aromatic heterocycles. The van der Waals surface area contributed by atoms with Crippen LogP contribution in [0.3, 0.4) is 0 Å². The summed E-state index contributed by atoms with van der Waals surface area (Å²) in [6.07, 6.45) is 6.24. The highest BCUT2D eigenvalue weighted by molar-refractivity contribution is 5.84. The molecule has 0 aliphatic heterocycles. The second-order valence-electron chi connectivity index (χ2n) is 5.72. The van der Waals surface area contributed by atoms with Gasteiger partial charge in [-0.15, -0.1) is 0 Å². The Hall–Kier alpha value is -1.31. The number of aromatic amines is 1. The van der Waals surface area contributed by atoms with Crippen LogP contribution in [0.1, 0.15) is 60.7 Å². The first-order chi connectivity index (χ1) is 9.06. The zero-order chi connectivity index (χ0) is 14.0. The number of fused-ring (bicyclic) bond motifs is 1. The third-order valence-corrected chi connectivity index (χ3v) is 4.44. The summed E-state index contributed by atoms with van der Waals surface area (Å²) in [5, 5.41) is 0. The molecule has 104 valence electrons. The number of imidazole rings is 1. The number of benzene rings is 1. The molecule has 2 aromatic rings. The van der Waals surface area contributed by atoms with E-state index in [1.807, 2.05) is 0 Å². The lowest BCUT2D eigenvalue weighted by Gasteiger charge is -2.09. The molecule has 19 heavy (non-hydrogen) atoms. The van der Waals surface area contributed by atoms with Gasteiger partial charge in [-0.1, -0.05) is 26.2 Å². The highest BCUT2D eigenvalue weighted by atomic mass is 14.9. The molecule has 0 saturated carbocycles. The van der Waals surface area contributed by atoms with Crippen LogP contribution in [0.2, 0.25) is 0 Å². The van der Waals surface area contributed by atoms with Gasteiger partial charge >= 0.3 is 0 Å². The van der Waals surface area contributed by atoms with Gasteiger partial charge in [-0.2, -0.15) is 0 Å². The molecule has 0 aliphatic carbocycles. The Morgan fingerprint density at radius 1 is 0.842 bits per heavy atom. The van der Waals surface area contributed by atoms with Crippen molar-refractivity contribution >= 4 is 11.0 Å². The molecule has 0 radical (unpaired) electrons. The van der Waals surface area contributed by atoms with E-state index < -0.39 is 0 Å². The number of rotatable bonds is 5. The maximum Gasteiger partial charge on any atom is 0.107 e. The molecule has 2 heteroatoms. The predicted octanol–water partition coefficient (Wildman–Crippen LogP) is 4.92. The average Bonchev–Trinajstić information content (AvgIpc) is 2.83. The van der Waals surface area contributed by atoms with Gasteiger partial charge in [-0.25, -0.2) is 4.98 Å². The predicted molar refractivity (Wildman–Crippen MR) is 82.9 cm³/mol. The van der Waals surface area contributed by atoms with E-state index in [0.717, 1.165) is 12.2 Å². The minimum atomic E-state index is 1.08. The van der Waals surface area contributed by atoms with Crippen molar-refractivity contribution in [3.05, 3.63) is 28.1 Å². The highest BCUT2D eigenvalue weighted by Gasteiger charge is 2.12. The SMILES string of the molecule is CCCCCCc1nc2c(C)c(C)c(C)c(C)c2[nH]1. The van der Waals surface area contributed by atoms with E-state index in [4.69, 9.17) is 4.98 Å². The molecule has 1 N–H and O–H groups in total. The van der Waals surface area contributed by atoms with E-state index in [2.05, 4.69) is 39.6 Å². The summed E-state index contributed by atoms with van der Waals surface area (Å²) in [5.74, 6) is 1.15. The van der Waals surface area contributed by atoms with E-state index >= 15 is 0 Å². The maximum atomic E-state index is 4.82. The number of nitrogens with zero attached hydrogens (tertiary/aromatic N) is 1.